The molecule has 1 aromatic carbocycles. The molecule has 1 aliphatic rings. The van der Waals surface area contributed by atoms with Crippen LogP contribution in [0.1, 0.15) is 29.8 Å². The van der Waals surface area contributed by atoms with Crippen molar-refractivity contribution in [3.63, 3.8) is 0 Å². The lowest BCUT2D eigenvalue weighted by molar-refractivity contribution is 0.0919. The Balaban J connectivity index is 1.78. The first kappa shape index (κ1) is 14.8. The van der Waals surface area contributed by atoms with Gasteiger partial charge in [-0.15, -0.1) is 0 Å². The third-order valence-corrected chi connectivity index (χ3v) is 4.08. The number of carbonyl (C=O) groups is 1. The maximum atomic E-state index is 12.3. The highest BCUT2D eigenvalue weighted by Crippen LogP contribution is 2.34. The molecule has 2 N–H and O–H groups in total. The van der Waals surface area contributed by atoms with Crippen molar-refractivity contribution >= 4 is 16.8 Å². The summed E-state index contributed by atoms with van der Waals surface area (Å²) in [4.78, 5) is 16.8. The number of methoxy groups -OCH3 is 1. The summed E-state index contributed by atoms with van der Waals surface area (Å²) < 4.78 is 5.18. The molecule has 0 saturated heterocycles. The van der Waals surface area contributed by atoms with Crippen molar-refractivity contribution in [3.8, 4) is 5.75 Å². The number of hydrogen-bond donors (Lipinski definition) is 2. The molecule has 5 nitrogen and oxygen atoms in total. The standard InChI is InChI=1S/C17H20N2O3/c1-22-13-5-7-14-12(10-13)4-6-16(18-14)17(21)19-15(8-9-20)11-2-3-11/h4-7,10-11,15,20H,2-3,8-9H2,1H3,(H,19,21). The van der Waals surface area contributed by atoms with Crippen LogP contribution in [0.15, 0.2) is 30.3 Å². The number of nitrogens with one attached hydrogen (secondary N) is 1. The monoisotopic (exact) mass is 300 g/mol. The maximum absolute atomic E-state index is 12.3. The predicted molar refractivity (Wildman–Crippen MR) is 84.0 cm³/mol. The van der Waals surface area contributed by atoms with Crippen LogP contribution < -0.4 is 10.1 Å². The van der Waals surface area contributed by atoms with Gasteiger partial charge >= 0.3 is 0 Å². The van der Waals surface area contributed by atoms with E-state index in [1.54, 1.807) is 13.2 Å². The van der Waals surface area contributed by atoms with E-state index < -0.39 is 0 Å². The fourth-order valence-corrected chi connectivity index (χ4v) is 2.66. The minimum absolute atomic E-state index is 0.0471. The van der Waals surface area contributed by atoms with Crippen LogP contribution >= 0.6 is 0 Å². The second-order valence-electron chi connectivity index (χ2n) is 5.68. The molecule has 5 heteroatoms. The Labute approximate surface area is 129 Å². The molecule has 1 saturated carbocycles. The molecule has 0 aliphatic heterocycles. The number of benzene rings is 1. The van der Waals surface area contributed by atoms with Crippen molar-refractivity contribution < 1.29 is 14.6 Å². The minimum atomic E-state index is -0.178. The zero-order valence-corrected chi connectivity index (χ0v) is 12.6. The van der Waals surface area contributed by atoms with E-state index in [2.05, 4.69) is 10.3 Å². The Bertz CT molecular complexity index is 683. The molecule has 22 heavy (non-hydrogen) atoms. The van der Waals surface area contributed by atoms with Crippen LogP contribution in [-0.2, 0) is 0 Å². The Morgan fingerprint density at radius 2 is 2.23 bits per heavy atom. The van der Waals surface area contributed by atoms with Crippen LogP contribution in [0.3, 0.4) is 0 Å². The van der Waals surface area contributed by atoms with Gasteiger partial charge in [-0.1, -0.05) is 6.07 Å². The van der Waals surface area contributed by atoms with Gasteiger partial charge in [-0.3, -0.25) is 4.79 Å². The summed E-state index contributed by atoms with van der Waals surface area (Å²) in [5, 5.41) is 13.0. The van der Waals surface area contributed by atoms with Crippen molar-refractivity contribution in [1.82, 2.24) is 10.3 Å². The van der Waals surface area contributed by atoms with Crippen molar-refractivity contribution in [2.75, 3.05) is 13.7 Å². The molecule has 1 atom stereocenters. The van der Waals surface area contributed by atoms with Crippen molar-refractivity contribution in [2.24, 2.45) is 5.92 Å². The lowest BCUT2D eigenvalue weighted by Gasteiger charge is -2.16. The van der Waals surface area contributed by atoms with E-state index in [9.17, 15) is 4.79 Å². The summed E-state index contributed by atoms with van der Waals surface area (Å²) in [6.07, 6.45) is 2.84. The van der Waals surface area contributed by atoms with Crippen LogP contribution in [0.5, 0.6) is 5.75 Å². The molecule has 1 aromatic heterocycles. The molecule has 3 rings (SSSR count). The number of carbonyl (C=O) groups excluding carboxylic acids is 1. The Morgan fingerprint density at radius 1 is 1.41 bits per heavy atom. The van der Waals surface area contributed by atoms with E-state index in [1.165, 1.54) is 0 Å². The molecule has 0 spiro atoms. The highest BCUT2D eigenvalue weighted by atomic mass is 16.5. The van der Waals surface area contributed by atoms with Crippen LogP contribution in [0.25, 0.3) is 10.9 Å². The number of aliphatic hydroxyl groups is 1. The SMILES string of the molecule is COc1ccc2nc(C(=O)NC(CCO)C3CC3)ccc2c1. The quantitative estimate of drug-likeness (QED) is 0.857. The number of amides is 1. The summed E-state index contributed by atoms with van der Waals surface area (Å²) in [6.45, 7) is 0.0897. The molecule has 1 unspecified atom stereocenters. The molecular weight excluding hydrogens is 280 g/mol. The van der Waals surface area contributed by atoms with Gasteiger partial charge in [0.2, 0.25) is 0 Å². The van der Waals surface area contributed by atoms with Gasteiger partial charge in [-0.25, -0.2) is 4.98 Å². The normalized spacial score (nSPS) is 15.5. The van der Waals surface area contributed by atoms with Gasteiger partial charge in [0.15, 0.2) is 0 Å². The Morgan fingerprint density at radius 3 is 2.91 bits per heavy atom. The number of rotatable bonds is 6. The first-order chi connectivity index (χ1) is 10.7. The average molecular weight is 300 g/mol. The van der Waals surface area contributed by atoms with E-state index in [-0.39, 0.29) is 18.6 Å². The summed E-state index contributed by atoms with van der Waals surface area (Å²) in [7, 11) is 1.62. The largest absolute Gasteiger partial charge is 0.497 e. The topological polar surface area (TPSA) is 71.5 Å². The van der Waals surface area contributed by atoms with Gasteiger partial charge in [0.05, 0.1) is 12.6 Å². The third-order valence-electron chi connectivity index (χ3n) is 4.08. The van der Waals surface area contributed by atoms with Gasteiger partial charge in [-0.2, -0.15) is 0 Å². The molecule has 2 aromatic rings. The van der Waals surface area contributed by atoms with Crippen LogP contribution in [0.2, 0.25) is 0 Å². The van der Waals surface area contributed by atoms with Crippen molar-refractivity contribution in [2.45, 2.75) is 25.3 Å². The molecule has 116 valence electrons. The lowest BCUT2D eigenvalue weighted by atomic mass is 10.1. The minimum Gasteiger partial charge on any atom is -0.497 e. The van der Waals surface area contributed by atoms with Crippen molar-refractivity contribution in [1.29, 1.82) is 0 Å². The molecule has 1 heterocycles. The summed E-state index contributed by atoms with van der Waals surface area (Å²) in [6, 6.07) is 9.21. The van der Waals surface area contributed by atoms with Crippen LogP contribution in [-0.4, -0.2) is 35.8 Å². The number of aliphatic hydroxyl groups excluding tert-OH is 1. The van der Waals surface area contributed by atoms with Gasteiger partial charge in [0, 0.05) is 18.0 Å². The zero-order valence-electron chi connectivity index (χ0n) is 12.6. The van der Waals surface area contributed by atoms with Gasteiger partial charge in [0.25, 0.3) is 5.91 Å². The predicted octanol–water partition coefficient (Wildman–Crippen LogP) is 2.13. The third kappa shape index (κ3) is 3.20. The molecular formula is C17H20N2O3. The maximum Gasteiger partial charge on any atom is 0.270 e. The van der Waals surface area contributed by atoms with E-state index in [0.717, 1.165) is 29.5 Å². The number of nitrogens with zero attached hydrogens (tertiary/aromatic N) is 1. The summed E-state index contributed by atoms with van der Waals surface area (Å²) in [5.41, 5.74) is 1.17. The van der Waals surface area contributed by atoms with Gasteiger partial charge < -0.3 is 15.2 Å². The highest BCUT2D eigenvalue weighted by Gasteiger charge is 2.32. The fourth-order valence-electron chi connectivity index (χ4n) is 2.66. The average Bonchev–Trinajstić information content (AvgIpc) is 3.38. The van der Waals surface area contributed by atoms with Crippen molar-refractivity contribution in [3.05, 3.63) is 36.0 Å². The molecule has 1 amide bonds. The van der Waals surface area contributed by atoms with Gasteiger partial charge in [-0.05, 0) is 49.4 Å². The second kappa shape index (κ2) is 6.32. The first-order valence-corrected chi connectivity index (χ1v) is 7.58. The van der Waals surface area contributed by atoms with E-state index in [0.29, 0.717) is 18.0 Å². The van der Waals surface area contributed by atoms with Gasteiger partial charge in [0.1, 0.15) is 11.4 Å². The van der Waals surface area contributed by atoms with E-state index >= 15 is 0 Å². The summed E-state index contributed by atoms with van der Waals surface area (Å²) in [5.74, 6) is 1.09. The highest BCUT2D eigenvalue weighted by molar-refractivity contribution is 5.95. The molecule has 0 radical (unpaired) electrons. The first-order valence-electron chi connectivity index (χ1n) is 7.58. The number of fused-ring (bicyclic) bond motifs is 1. The lowest BCUT2D eigenvalue weighted by Crippen LogP contribution is -2.37. The van der Waals surface area contributed by atoms with E-state index in [4.69, 9.17) is 9.84 Å². The number of aromatic nitrogens is 1. The van der Waals surface area contributed by atoms with Crippen LogP contribution in [0, 0.1) is 5.92 Å². The molecule has 1 aliphatic carbocycles. The molecule has 0 bridgehead atoms. The van der Waals surface area contributed by atoms with E-state index in [1.807, 2.05) is 24.3 Å². The summed E-state index contributed by atoms with van der Waals surface area (Å²) >= 11 is 0. The van der Waals surface area contributed by atoms with Crippen LogP contribution in [0.4, 0.5) is 0 Å². The Hall–Kier alpha value is -2.14. The Kier molecular flexibility index (Phi) is 4.24. The molecule has 1 fully saturated rings. The number of hydrogen-bond acceptors (Lipinski definition) is 4. The zero-order chi connectivity index (χ0) is 15.5. The fraction of sp³-hybridized carbons (Fsp3) is 0.412. The number of pyridine rings is 1. The second-order valence-corrected chi connectivity index (χ2v) is 5.68. The smallest absolute Gasteiger partial charge is 0.270 e. The number of ether oxygens (including phenoxy) is 1.